The van der Waals surface area contributed by atoms with Crippen molar-refractivity contribution in [1.82, 2.24) is 0 Å². The largest absolute Gasteiger partial charge is 0.423 e. The fourth-order valence-electron chi connectivity index (χ4n) is 3.42. The molecule has 0 aromatic heterocycles. The molecule has 0 bridgehead atoms. The summed E-state index contributed by atoms with van der Waals surface area (Å²) in [6.07, 6.45) is -0.146. The third-order valence-electron chi connectivity index (χ3n) is 4.98. The van der Waals surface area contributed by atoms with E-state index in [0.717, 1.165) is 5.39 Å². The number of amides is 1. The highest BCUT2D eigenvalue weighted by molar-refractivity contribution is 6.01. The van der Waals surface area contributed by atoms with Crippen LogP contribution in [-0.2, 0) is 11.2 Å². The van der Waals surface area contributed by atoms with E-state index in [1.54, 1.807) is 42.5 Å². The van der Waals surface area contributed by atoms with Crippen LogP contribution in [0.4, 0.5) is 5.69 Å². The summed E-state index contributed by atoms with van der Waals surface area (Å²) in [7, 11) is 0. The quantitative estimate of drug-likeness (QED) is 0.128. The van der Waals surface area contributed by atoms with Gasteiger partial charge in [0.05, 0.1) is 18.6 Å². The second kappa shape index (κ2) is 9.79. The lowest BCUT2D eigenvalue weighted by Crippen LogP contribution is -2.38. The molecule has 0 aliphatic carbocycles. The van der Waals surface area contributed by atoms with Gasteiger partial charge in [0.15, 0.2) is 5.96 Å². The molecule has 9 N–H and O–H groups in total. The van der Waals surface area contributed by atoms with E-state index in [9.17, 15) is 9.59 Å². The summed E-state index contributed by atoms with van der Waals surface area (Å²) in [6.45, 7) is -0.0556. The molecule has 33 heavy (non-hydrogen) atoms. The highest BCUT2D eigenvalue weighted by atomic mass is 16.5. The van der Waals surface area contributed by atoms with E-state index in [1.807, 2.05) is 0 Å². The molecule has 0 radical (unpaired) electrons. The van der Waals surface area contributed by atoms with Gasteiger partial charge in [0.1, 0.15) is 11.6 Å². The molecular formula is C23H24N6O4. The number of hydrogen-bond donors (Lipinski definition) is 6. The van der Waals surface area contributed by atoms with E-state index < -0.39 is 11.9 Å². The first-order valence-corrected chi connectivity index (χ1v) is 9.94. The molecule has 3 aromatic carbocycles. The summed E-state index contributed by atoms with van der Waals surface area (Å²) < 4.78 is 5.58. The minimum Gasteiger partial charge on any atom is -0.423 e. The van der Waals surface area contributed by atoms with Crippen molar-refractivity contribution in [3.63, 3.8) is 0 Å². The number of rotatable bonds is 8. The predicted molar refractivity (Wildman–Crippen MR) is 126 cm³/mol. The molecule has 170 valence electrons. The predicted octanol–water partition coefficient (Wildman–Crippen LogP) is 1.06. The van der Waals surface area contributed by atoms with Crippen molar-refractivity contribution in [3.8, 4) is 5.75 Å². The van der Waals surface area contributed by atoms with Gasteiger partial charge in [-0.1, -0.05) is 18.2 Å². The van der Waals surface area contributed by atoms with Crippen LogP contribution in [0.25, 0.3) is 10.8 Å². The number of fused-ring (bicyclic) bond motifs is 1. The van der Waals surface area contributed by atoms with Gasteiger partial charge >= 0.3 is 5.97 Å². The maximum atomic E-state index is 12.8. The SMILES string of the molecule is N=C(N)c1ccc2c(CC(N)=O)c(OC(=O)c3ccc(N(CCO)C(=N)N)cc3)ccc2c1. The van der Waals surface area contributed by atoms with Crippen LogP contribution in [0, 0.1) is 10.8 Å². The Bertz CT molecular complexity index is 1240. The van der Waals surface area contributed by atoms with Crippen LogP contribution in [0.15, 0.2) is 54.6 Å². The van der Waals surface area contributed by atoms with E-state index in [1.165, 1.54) is 17.0 Å². The van der Waals surface area contributed by atoms with E-state index in [2.05, 4.69) is 0 Å². The zero-order chi connectivity index (χ0) is 24.1. The highest BCUT2D eigenvalue weighted by Crippen LogP contribution is 2.30. The number of primary amides is 1. The Morgan fingerprint density at radius 2 is 1.61 bits per heavy atom. The van der Waals surface area contributed by atoms with Gasteiger partial charge in [-0.3, -0.25) is 15.6 Å². The number of hydrogen-bond acceptors (Lipinski definition) is 6. The van der Waals surface area contributed by atoms with Gasteiger partial charge in [0.25, 0.3) is 0 Å². The number of nitrogens with zero attached hydrogens (tertiary/aromatic N) is 1. The lowest BCUT2D eigenvalue weighted by atomic mass is 9.98. The lowest BCUT2D eigenvalue weighted by molar-refractivity contribution is -0.117. The first-order valence-electron chi connectivity index (χ1n) is 9.94. The summed E-state index contributed by atoms with van der Waals surface area (Å²) in [5, 5.41) is 25.7. The number of aliphatic hydroxyl groups is 1. The summed E-state index contributed by atoms with van der Waals surface area (Å²) in [5.74, 6) is -1.37. The van der Waals surface area contributed by atoms with Crippen LogP contribution in [-0.4, -0.2) is 41.9 Å². The molecule has 0 saturated heterocycles. The summed E-state index contributed by atoms with van der Waals surface area (Å²) in [4.78, 5) is 25.8. The number of amidine groups is 1. The molecule has 0 heterocycles. The summed E-state index contributed by atoms with van der Waals surface area (Å²) >= 11 is 0. The molecule has 10 nitrogen and oxygen atoms in total. The van der Waals surface area contributed by atoms with E-state index in [4.69, 9.17) is 37.9 Å². The van der Waals surface area contributed by atoms with Crippen LogP contribution in [0.5, 0.6) is 5.75 Å². The number of carbonyl (C=O) groups is 2. The topological polar surface area (TPSA) is 193 Å². The third-order valence-corrected chi connectivity index (χ3v) is 4.98. The molecule has 0 unspecified atom stereocenters. The number of nitrogens with one attached hydrogen (secondary N) is 2. The standard InChI is InChI=1S/C23H24N6O4/c24-20(31)12-18-17-7-3-15(21(25)26)11-14(17)4-8-19(18)33-22(32)13-1-5-16(6-2-13)29(9-10-30)23(27)28/h1-8,11,30H,9-10,12H2,(H2,24,31)(H3,25,26)(H3,27,28). The Labute approximate surface area is 189 Å². The minimum atomic E-state index is -0.650. The van der Waals surface area contributed by atoms with Gasteiger partial charge in [-0.05, 0) is 47.2 Å². The van der Waals surface area contributed by atoms with Gasteiger partial charge < -0.3 is 31.9 Å². The maximum absolute atomic E-state index is 12.8. The zero-order valence-corrected chi connectivity index (χ0v) is 17.7. The molecule has 3 rings (SSSR count). The first-order chi connectivity index (χ1) is 15.7. The van der Waals surface area contributed by atoms with Gasteiger partial charge in [-0.2, -0.15) is 0 Å². The van der Waals surface area contributed by atoms with Crippen molar-refractivity contribution in [2.24, 2.45) is 17.2 Å². The number of aliphatic hydroxyl groups excluding tert-OH is 1. The van der Waals surface area contributed by atoms with Crippen molar-refractivity contribution in [3.05, 3.63) is 71.3 Å². The molecule has 0 aliphatic heterocycles. The zero-order valence-electron chi connectivity index (χ0n) is 17.7. The van der Waals surface area contributed by atoms with Gasteiger partial charge in [0.2, 0.25) is 5.91 Å². The number of guanidine groups is 1. The molecule has 0 atom stereocenters. The molecule has 0 saturated carbocycles. The van der Waals surface area contributed by atoms with Gasteiger partial charge in [-0.15, -0.1) is 0 Å². The van der Waals surface area contributed by atoms with Gasteiger partial charge in [-0.25, -0.2) is 4.79 Å². The number of esters is 1. The Balaban J connectivity index is 1.92. The molecule has 3 aromatic rings. The van der Waals surface area contributed by atoms with Crippen LogP contribution >= 0.6 is 0 Å². The molecule has 0 fully saturated rings. The molecule has 0 spiro atoms. The Morgan fingerprint density at radius 1 is 0.939 bits per heavy atom. The second-order valence-electron chi connectivity index (χ2n) is 7.23. The first kappa shape index (κ1) is 23.2. The number of nitrogens with two attached hydrogens (primary N) is 3. The number of nitrogen functional groups attached to an aromatic ring is 1. The van der Waals surface area contributed by atoms with Crippen LogP contribution in [0.2, 0.25) is 0 Å². The van der Waals surface area contributed by atoms with Crippen molar-refractivity contribution >= 4 is 40.1 Å². The number of ether oxygens (including phenoxy) is 1. The summed E-state index contributed by atoms with van der Waals surface area (Å²) in [6, 6.07) is 14.5. The minimum absolute atomic E-state index is 0.0883. The smallest absolute Gasteiger partial charge is 0.343 e. The van der Waals surface area contributed by atoms with E-state index >= 15 is 0 Å². The second-order valence-corrected chi connectivity index (χ2v) is 7.23. The van der Waals surface area contributed by atoms with Crippen molar-refractivity contribution < 1.29 is 19.4 Å². The lowest BCUT2D eigenvalue weighted by Gasteiger charge is -2.21. The summed E-state index contributed by atoms with van der Waals surface area (Å²) in [5.41, 5.74) is 18.3. The van der Waals surface area contributed by atoms with Crippen LogP contribution in [0.3, 0.4) is 0 Å². The molecule has 1 amide bonds. The molecular weight excluding hydrogens is 424 g/mol. The number of benzene rings is 3. The van der Waals surface area contributed by atoms with Crippen molar-refractivity contribution in [2.45, 2.75) is 6.42 Å². The van der Waals surface area contributed by atoms with Crippen molar-refractivity contribution in [1.29, 1.82) is 10.8 Å². The Hall–Kier alpha value is -4.44. The van der Waals surface area contributed by atoms with Crippen LogP contribution < -0.4 is 26.8 Å². The fraction of sp³-hybridized carbons (Fsp3) is 0.130. The fourth-order valence-corrected chi connectivity index (χ4v) is 3.42. The number of anilines is 1. The van der Waals surface area contributed by atoms with E-state index in [-0.39, 0.29) is 42.7 Å². The van der Waals surface area contributed by atoms with Gasteiger partial charge in [0, 0.05) is 23.4 Å². The molecule has 10 heteroatoms. The normalized spacial score (nSPS) is 10.6. The van der Waals surface area contributed by atoms with E-state index in [0.29, 0.717) is 22.2 Å². The molecule has 0 aliphatic rings. The van der Waals surface area contributed by atoms with Crippen molar-refractivity contribution in [2.75, 3.05) is 18.1 Å². The third kappa shape index (κ3) is 5.25. The highest BCUT2D eigenvalue weighted by Gasteiger charge is 2.17. The monoisotopic (exact) mass is 448 g/mol. The number of carbonyl (C=O) groups excluding carboxylic acids is 2. The average molecular weight is 448 g/mol. The Morgan fingerprint density at radius 3 is 2.18 bits per heavy atom. The Kier molecular flexibility index (Phi) is 6.89. The van der Waals surface area contributed by atoms with Crippen LogP contribution in [0.1, 0.15) is 21.5 Å². The average Bonchev–Trinajstić information content (AvgIpc) is 2.78. The maximum Gasteiger partial charge on any atom is 0.343 e.